The summed E-state index contributed by atoms with van der Waals surface area (Å²) in [5, 5.41) is 0. The van der Waals surface area contributed by atoms with E-state index in [9.17, 15) is 4.79 Å². The zero-order valence-corrected chi connectivity index (χ0v) is 13.0. The Morgan fingerprint density at radius 3 is 2.95 bits per heavy atom. The normalized spacial score (nSPS) is 18.6. The van der Waals surface area contributed by atoms with Crippen LogP contribution in [0.5, 0.6) is 0 Å². The molecule has 1 aliphatic rings. The minimum Gasteiger partial charge on any atom is -0.336 e. The number of carbonyl (C=O) groups is 1. The fourth-order valence-corrected chi connectivity index (χ4v) is 2.83. The third kappa shape index (κ3) is 3.86. The van der Waals surface area contributed by atoms with Gasteiger partial charge in [0.05, 0.1) is 12.1 Å². The Morgan fingerprint density at radius 1 is 1.38 bits per heavy atom. The van der Waals surface area contributed by atoms with E-state index in [1.807, 2.05) is 30.0 Å². The van der Waals surface area contributed by atoms with Gasteiger partial charge in [-0.3, -0.25) is 4.79 Å². The molecule has 3 nitrogen and oxygen atoms in total. The molecule has 1 aromatic carbocycles. The van der Waals surface area contributed by atoms with Crippen LogP contribution in [-0.4, -0.2) is 29.9 Å². The molecule has 2 rings (SSSR count). The van der Waals surface area contributed by atoms with Crippen LogP contribution in [0, 0.1) is 18.8 Å². The first-order chi connectivity index (χ1) is 10.1. The Morgan fingerprint density at radius 2 is 2.19 bits per heavy atom. The molecule has 0 aromatic heterocycles. The second-order valence-corrected chi connectivity index (χ2v) is 5.75. The molecule has 1 amide bonds. The van der Waals surface area contributed by atoms with Gasteiger partial charge in [0.25, 0.3) is 5.91 Å². The van der Waals surface area contributed by atoms with Crippen LogP contribution in [0.2, 0.25) is 0 Å². The van der Waals surface area contributed by atoms with Crippen molar-refractivity contribution in [1.29, 1.82) is 0 Å². The molecule has 3 heteroatoms. The maximum Gasteiger partial charge on any atom is 0.255 e. The van der Waals surface area contributed by atoms with E-state index in [0.717, 1.165) is 30.5 Å². The zero-order chi connectivity index (χ0) is 15.2. The predicted molar refractivity (Wildman–Crippen MR) is 86.1 cm³/mol. The van der Waals surface area contributed by atoms with Crippen LogP contribution in [-0.2, 0) is 0 Å². The zero-order valence-electron chi connectivity index (χ0n) is 13.0. The van der Waals surface area contributed by atoms with Crippen molar-refractivity contribution in [3.63, 3.8) is 0 Å². The van der Waals surface area contributed by atoms with Gasteiger partial charge in [-0.1, -0.05) is 30.7 Å². The van der Waals surface area contributed by atoms with E-state index in [-0.39, 0.29) is 5.91 Å². The van der Waals surface area contributed by atoms with E-state index >= 15 is 0 Å². The van der Waals surface area contributed by atoms with E-state index in [2.05, 4.69) is 18.8 Å². The summed E-state index contributed by atoms with van der Waals surface area (Å²) < 4.78 is 0. The van der Waals surface area contributed by atoms with Crippen molar-refractivity contribution >= 4 is 5.91 Å². The first-order valence-electron chi connectivity index (χ1n) is 7.74. The van der Waals surface area contributed by atoms with Gasteiger partial charge in [-0.15, -0.1) is 0 Å². The van der Waals surface area contributed by atoms with Gasteiger partial charge in [0.15, 0.2) is 0 Å². The van der Waals surface area contributed by atoms with Gasteiger partial charge < -0.3 is 10.6 Å². The minimum absolute atomic E-state index is 0.103. The molecular formula is C18H24N2O. The Hall–Kier alpha value is -1.79. The molecular weight excluding hydrogens is 260 g/mol. The summed E-state index contributed by atoms with van der Waals surface area (Å²) in [5.74, 6) is 6.00. The summed E-state index contributed by atoms with van der Waals surface area (Å²) >= 11 is 0. The highest BCUT2D eigenvalue weighted by Gasteiger charge is 2.24. The number of carbonyl (C=O) groups excluding carboxylic acids is 1. The number of aryl methyl sites for hydroxylation is 1. The van der Waals surface area contributed by atoms with Crippen LogP contribution in [0.3, 0.4) is 0 Å². The fraction of sp³-hybridized carbons (Fsp3) is 0.500. The Bertz CT molecular complexity index is 568. The lowest BCUT2D eigenvalue weighted by Gasteiger charge is -2.27. The lowest BCUT2D eigenvalue weighted by atomic mass is 10.0. The predicted octanol–water partition coefficient (Wildman–Crippen LogP) is 2.71. The third-order valence-corrected chi connectivity index (χ3v) is 4.04. The number of nitrogens with zero attached hydrogens (tertiary/aromatic N) is 1. The van der Waals surface area contributed by atoms with Crippen molar-refractivity contribution in [2.75, 3.05) is 13.1 Å². The average molecular weight is 284 g/mol. The highest BCUT2D eigenvalue weighted by atomic mass is 16.2. The third-order valence-electron chi connectivity index (χ3n) is 4.04. The second kappa shape index (κ2) is 7.28. The molecule has 112 valence electrons. The molecule has 1 aromatic rings. The van der Waals surface area contributed by atoms with Crippen LogP contribution in [0.1, 0.15) is 54.1 Å². The van der Waals surface area contributed by atoms with Gasteiger partial charge in [0.1, 0.15) is 0 Å². The second-order valence-electron chi connectivity index (χ2n) is 5.75. The molecule has 1 unspecified atom stereocenters. The maximum absolute atomic E-state index is 12.9. The van der Waals surface area contributed by atoms with E-state index < -0.39 is 0 Å². The van der Waals surface area contributed by atoms with Gasteiger partial charge in [0.2, 0.25) is 0 Å². The number of benzene rings is 1. The molecule has 0 radical (unpaired) electrons. The molecule has 1 aliphatic heterocycles. The quantitative estimate of drug-likeness (QED) is 0.806. The Kier molecular flexibility index (Phi) is 5.41. The molecule has 1 fully saturated rings. The van der Waals surface area contributed by atoms with E-state index in [1.54, 1.807) is 0 Å². The van der Waals surface area contributed by atoms with Crippen molar-refractivity contribution in [1.82, 2.24) is 4.90 Å². The number of likely N-dealkylation sites (tertiary alicyclic amines) is 1. The van der Waals surface area contributed by atoms with Gasteiger partial charge in [-0.25, -0.2) is 0 Å². The summed E-state index contributed by atoms with van der Waals surface area (Å²) in [6.45, 7) is 5.30. The summed E-state index contributed by atoms with van der Waals surface area (Å²) in [4.78, 5) is 14.9. The Labute approximate surface area is 127 Å². The minimum atomic E-state index is 0.103. The van der Waals surface area contributed by atoms with Crippen molar-refractivity contribution in [3.05, 3.63) is 34.9 Å². The smallest absolute Gasteiger partial charge is 0.255 e. The van der Waals surface area contributed by atoms with Crippen LogP contribution in [0.4, 0.5) is 0 Å². The Balaban J connectivity index is 2.33. The number of amides is 1. The number of rotatable bonds is 1. The van der Waals surface area contributed by atoms with E-state index in [1.165, 1.54) is 12.8 Å². The van der Waals surface area contributed by atoms with Gasteiger partial charge in [-0.2, -0.15) is 0 Å². The number of hydrogen-bond acceptors (Lipinski definition) is 2. The van der Waals surface area contributed by atoms with Gasteiger partial charge in [0, 0.05) is 18.2 Å². The molecule has 1 heterocycles. The van der Waals surface area contributed by atoms with Crippen LogP contribution in [0.15, 0.2) is 18.2 Å². The lowest BCUT2D eigenvalue weighted by molar-refractivity contribution is 0.0697. The van der Waals surface area contributed by atoms with Crippen molar-refractivity contribution in [3.8, 4) is 11.8 Å². The summed E-state index contributed by atoms with van der Waals surface area (Å²) in [7, 11) is 0. The first-order valence-corrected chi connectivity index (χ1v) is 7.74. The molecule has 0 aliphatic carbocycles. The number of hydrogen-bond donors (Lipinski definition) is 1. The number of nitrogens with two attached hydrogens (primary N) is 1. The summed E-state index contributed by atoms with van der Waals surface area (Å²) in [5.41, 5.74) is 8.06. The molecule has 0 spiro atoms. The summed E-state index contributed by atoms with van der Waals surface area (Å²) in [6.07, 6.45) is 4.59. The largest absolute Gasteiger partial charge is 0.336 e. The van der Waals surface area contributed by atoms with E-state index in [4.69, 9.17) is 5.73 Å². The average Bonchev–Trinajstić information content (AvgIpc) is 2.69. The van der Waals surface area contributed by atoms with Crippen LogP contribution >= 0.6 is 0 Å². The first kappa shape index (κ1) is 15.6. The molecule has 2 N–H and O–H groups in total. The highest BCUT2D eigenvalue weighted by molar-refractivity contribution is 5.97. The monoisotopic (exact) mass is 284 g/mol. The fourth-order valence-electron chi connectivity index (χ4n) is 2.83. The van der Waals surface area contributed by atoms with Gasteiger partial charge in [-0.05, 0) is 44.4 Å². The standard InChI is InChI=1S/C18H24N2O/c1-14-9-10-17(16(13-14)8-6-11-19)18(21)20-12-5-3-4-7-15(20)2/h9-10,13,15H,3-5,7,11-12,19H2,1-2H3. The maximum atomic E-state index is 12.9. The molecule has 0 saturated carbocycles. The molecule has 0 bridgehead atoms. The van der Waals surface area contributed by atoms with Crippen LogP contribution < -0.4 is 5.73 Å². The van der Waals surface area contributed by atoms with Crippen molar-refractivity contribution in [2.45, 2.75) is 45.6 Å². The molecule has 21 heavy (non-hydrogen) atoms. The van der Waals surface area contributed by atoms with Crippen molar-refractivity contribution in [2.24, 2.45) is 5.73 Å². The SMILES string of the molecule is Cc1ccc(C(=O)N2CCCCCC2C)c(C#CCN)c1. The topological polar surface area (TPSA) is 46.3 Å². The van der Waals surface area contributed by atoms with E-state index in [0.29, 0.717) is 18.2 Å². The van der Waals surface area contributed by atoms with Gasteiger partial charge >= 0.3 is 0 Å². The summed E-state index contributed by atoms with van der Waals surface area (Å²) in [6, 6.07) is 6.15. The van der Waals surface area contributed by atoms with Crippen molar-refractivity contribution < 1.29 is 4.79 Å². The highest BCUT2D eigenvalue weighted by Crippen LogP contribution is 2.21. The molecule has 1 atom stereocenters. The van der Waals surface area contributed by atoms with Crippen LogP contribution in [0.25, 0.3) is 0 Å². The molecule has 1 saturated heterocycles. The lowest BCUT2D eigenvalue weighted by Crippen LogP contribution is -2.38.